The molecule has 3 N–H and O–H groups in total. The molecule has 0 bridgehead atoms. The van der Waals surface area contributed by atoms with Crippen molar-refractivity contribution in [1.29, 1.82) is 0 Å². The van der Waals surface area contributed by atoms with Crippen molar-refractivity contribution in [3.63, 3.8) is 0 Å². The number of carbonyl (C=O) groups excluding carboxylic acids is 1. The number of hydrogen-bond acceptors (Lipinski definition) is 6. The number of aromatic nitrogens is 1. The minimum Gasteiger partial charge on any atom is -0.423 e. The first-order valence-corrected chi connectivity index (χ1v) is 8.82. The summed E-state index contributed by atoms with van der Waals surface area (Å²) >= 11 is 5.96. The predicted molar refractivity (Wildman–Crippen MR) is 94.7 cm³/mol. The van der Waals surface area contributed by atoms with E-state index in [0.29, 0.717) is 55.5 Å². The lowest BCUT2D eigenvalue weighted by Crippen LogP contribution is -2.41. The van der Waals surface area contributed by atoms with Gasteiger partial charge in [0.15, 0.2) is 5.58 Å². The highest BCUT2D eigenvalue weighted by Crippen LogP contribution is 2.27. The maximum atomic E-state index is 12.2. The van der Waals surface area contributed by atoms with Gasteiger partial charge in [-0.3, -0.25) is 4.79 Å². The van der Waals surface area contributed by atoms with Crippen molar-refractivity contribution < 1.29 is 19.4 Å². The van der Waals surface area contributed by atoms with Gasteiger partial charge in [-0.1, -0.05) is 11.6 Å². The van der Waals surface area contributed by atoms with Crippen LogP contribution in [0.2, 0.25) is 5.02 Å². The van der Waals surface area contributed by atoms with Gasteiger partial charge >= 0.3 is 0 Å². The molecule has 25 heavy (non-hydrogen) atoms. The molecule has 1 amide bonds. The average Bonchev–Trinajstić information content (AvgIpc) is 3.04. The monoisotopic (exact) mass is 367 g/mol. The number of aliphatic hydroxyl groups is 2. The van der Waals surface area contributed by atoms with Gasteiger partial charge in [0.2, 0.25) is 5.91 Å². The van der Waals surface area contributed by atoms with Crippen LogP contribution in [0.15, 0.2) is 22.6 Å². The summed E-state index contributed by atoms with van der Waals surface area (Å²) in [6, 6.07) is 5.91. The van der Waals surface area contributed by atoms with E-state index in [-0.39, 0.29) is 18.4 Å². The molecule has 7 nitrogen and oxygen atoms in total. The summed E-state index contributed by atoms with van der Waals surface area (Å²) in [7, 11) is 0. The molecule has 1 aromatic heterocycles. The molecule has 1 fully saturated rings. The second-order valence-corrected chi connectivity index (χ2v) is 6.72. The van der Waals surface area contributed by atoms with E-state index < -0.39 is 6.10 Å². The van der Waals surface area contributed by atoms with Gasteiger partial charge in [0.25, 0.3) is 6.01 Å². The number of halogens is 1. The zero-order valence-corrected chi connectivity index (χ0v) is 14.6. The van der Waals surface area contributed by atoms with Gasteiger partial charge in [0, 0.05) is 36.6 Å². The van der Waals surface area contributed by atoms with E-state index in [1.54, 1.807) is 12.1 Å². The second-order valence-electron chi connectivity index (χ2n) is 6.29. The molecule has 1 saturated heterocycles. The minimum absolute atomic E-state index is 0.00543. The first-order valence-electron chi connectivity index (χ1n) is 8.44. The number of fused-ring (bicyclic) bond motifs is 1. The van der Waals surface area contributed by atoms with Gasteiger partial charge in [0.1, 0.15) is 5.52 Å². The van der Waals surface area contributed by atoms with E-state index >= 15 is 0 Å². The Kier molecular flexibility index (Phi) is 5.78. The summed E-state index contributed by atoms with van der Waals surface area (Å²) in [5, 5.41) is 21.5. The molecular weight excluding hydrogens is 346 g/mol. The minimum atomic E-state index is -0.783. The quantitative estimate of drug-likeness (QED) is 0.716. The van der Waals surface area contributed by atoms with Crippen molar-refractivity contribution in [2.24, 2.45) is 5.92 Å². The molecule has 136 valence electrons. The van der Waals surface area contributed by atoms with E-state index in [2.05, 4.69) is 10.3 Å². The zero-order valence-electron chi connectivity index (χ0n) is 13.8. The molecule has 3 rings (SSSR count). The molecule has 0 spiro atoms. The Morgan fingerprint density at radius 2 is 2.20 bits per heavy atom. The SMILES string of the molecule is O=C(NCCC(O)CO)C1CCN(c2nc3ccc(Cl)cc3o2)CC1. The topological polar surface area (TPSA) is 98.8 Å². The number of aliphatic hydroxyl groups excluding tert-OH is 2. The van der Waals surface area contributed by atoms with Crippen LogP contribution in [0.25, 0.3) is 11.1 Å². The Labute approximate surface area is 150 Å². The van der Waals surface area contributed by atoms with Crippen molar-refractivity contribution in [1.82, 2.24) is 10.3 Å². The van der Waals surface area contributed by atoms with Crippen molar-refractivity contribution in [3.8, 4) is 0 Å². The molecule has 0 radical (unpaired) electrons. The molecule has 1 unspecified atom stereocenters. The van der Waals surface area contributed by atoms with E-state index in [1.807, 2.05) is 11.0 Å². The summed E-state index contributed by atoms with van der Waals surface area (Å²) in [5.41, 5.74) is 1.42. The number of oxazole rings is 1. The molecule has 0 aliphatic carbocycles. The zero-order chi connectivity index (χ0) is 17.8. The Hall–Kier alpha value is -1.83. The van der Waals surface area contributed by atoms with Crippen LogP contribution in [0, 0.1) is 5.92 Å². The van der Waals surface area contributed by atoms with Gasteiger partial charge < -0.3 is 24.8 Å². The third-order valence-electron chi connectivity index (χ3n) is 4.46. The lowest BCUT2D eigenvalue weighted by atomic mass is 9.96. The smallest absolute Gasteiger partial charge is 0.298 e. The highest BCUT2D eigenvalue weighted by molar-refractivity contribution is 6.31. The van der Waals surface area contributed by atoms with Gasteiger partial charge in [-0.05, 0) is 31.4 Å². The maximum absolute atomic E-state index is 12.2. The van der Waals surface area contributed by atoms with Gasteiger partial charge in [-0.25, -0.2) is 0 Å². The van der Waals surface area contributed by atoms with Crippen LogP contribution >= 0.6 is 11.6 Å². The second kappa shape index (κ2) is 8.03. The molecule has 1 aliphatic heterocycles. The number of piperidine rings is 1. The molecule has 1 aliphatic rings. The van der Waals surface area contributed by atoms with Crippen LogP contribution in [-0.4, -0.2) is 53.4 Å². The number of amides is 1. The Balaban J connectivity index is 1.51. The van der Waals surface area contributed by atoms with Crippen LogP contribution in [0.4, 0.5) is 6.01 Å². The normalized spacial score (nSPS) is 17.0. The summed E-state index contributed by atoms with van der Waals surface area (Å²) in [6.45, 7) is 1.46. The standard InChI is InChI=1S/C17H22ClN3O4/c18-12-1-2-14-15(9-12)25-17(20-14)21-7-4-11(5-8-21)16(24)19-6-3-13(23)10-22/h1-2,9,11,13,22-23H,3-8,10H2,(H,19,24). The number of nitrogens with zero attached hydrogens (tertiary/aromatic N) is 2. The largest absolute Gasteiger partial charge is 0.423 e. The molecule has 1 aromatic carbocycles. The summed E-state index contributed by atoms with van der Waals surface area (Å²) in [4.78, 5) is 18.7. The Morgan fingerprint density at radius 1 is 1.44 bits per heavy atom. The number of benzene rings is 1. The van der Waals surface area contributed by atoms with Crippen LogP contribution in [0.1, 0.15) is 19.3 Å². The molecule has 2 heterocycles. The summed E-state index contributed by atoms with van der Waals surface area (Å²) in [6.07, 6.45) is 1.00. The fourth-order valence-electron chi connectivity index (χ4n) is 2.95. The van der Waals surface area contributed by atoms with E-state index in [9.17, 15) is 9.90 Å². The van der Waals surface area contributed by atoms with E-state index in [4.69, 9.17) is 21.1 Å². The molecule has 0 saturated carbocycles. The molecule has 1 atom stereocenters. The molecule has 8 heteroatoms. The van der Waals surface area contributed by atoms with Crippen molar-refractivity contribution >= 4 is 34.6 Å². The number of hydrogen-bond donors (Lipinski definition) is 3. The lowest BCUT2D eigenvalue weighted by Gasteiger charge is -2.30. The van der Waals surface area contributed by atoms with Crippen LogP contribution in [0.3, 0.4) is 0 Å². The van der Waals surface area contributed by atoms with Gasteiger partial charge in [-0.2, -0.15) is 4.98 Å². The Bertz CT molecular complexity index is 728. The summed E-state index contributed by atoms with van der Waals surface area (Å²) < 4.78 is 5.77. The van der Waals surface area contributed by atoms with Crippen molar-refractivity contribution in [3.05, 3.63) is 23.2 Å². The average molecular weight is 368 g/mol. The third kappa shape index (κ3) is 4.42. The first-order chi connectivity index (χ1) is 12.1. The highest BCUT2D eigenvalue weighted by atomic mass is 35.5. The van der Waals surface area contributed by atoms with Gasteiger partial charge in [0.05, 0.1) is 12.7 Å². The first kappa shape index (κ1) is 18.0. The van der Waals surface area contributed by atoms with E-state index in [0.717, 1.165) is 5.52 Å². The number of carbonyl (C=O) groups is 1. The van der Waals surface area contributed by atoms with Crippen LogP contribution < -0.4 is 10.2 Å². The van der Waals surface area contributed by atoms with Crippen molar-refractivity contribution in [2.75, 3.05) is 31.1 Å². The lowest BCUT2D eigenvalue weighted by molar-refractivity contribution is -0.125. The van der Waals surface area contributed by atoms with Crippen LogP contribution in [0.5, 0.6) is 0 Å². The van der Waals surface area contributed by atoms with Gasteiger partial charge in [-0.15, -0.1) is 0 Å². The molecule has 2 aromatic rings. The predicted octanol–water partition coefficient (Wildman–Crippen LogP) is 1.56. The fourth-order valence-corrected chi connectivity index (χ4v) is 3.11. The van der Waals surface area contributed by atoms with Crippen LogP contribution in [-0.2, 0) is 4.79 Å². The number of nitrogens with one attached hydrogen (secondary N) is 1. The summed E-state index contributed by atoms with van der Waals surface area (Å²) in [5.74, 6) is -0.0597. The fraction of sp³-hybridized carbons (Fsp3) is 0.529. The third-order valence-corrected chi connectivity index (χ3v) is 4.70. The molecular formula is C17H22ClN3O4. The van der Waals surface area contributed by atoms with E-state index in [1.165, 1.54) is 0 Å². The highest BCUT2D eigenvalue weighted by Gasteiger charge is 2.27. The number of rotatable bonds is 6. The Morgan fingerprint density at radius 3 is 2.92 bits per heavy atom. The number of anilines is 1. The maximum Gasteiger partial charge on any atom is 0.298 e. The van der Waals surface area contributed by atoms with Crippen molar-refractivity contribution in [2.45, 2.75) is 25.4 Å².